The Kier molecular flexibility index (Phi) is 5.45. The first-order valence-electron chi connectivity index (χ1n) is 7.45. The van der Waals surface area contributed by atoms with Crippen LogP contribution in [0.2, 0.25) is 16.6 Å². The molecule has 0 heterocycles. The standard InChI is InChI=1S/C16H27NO3Si/c1-10(2)21(11(3)4,12(5)6)20-14-9-7-8-13(15(14)17)16(18)19/h7-12H,17H2,1-6H3,(H,18,19). The molecule has 0 spiro atoms. The number of nitrogen functional groups attached to an aromatic ring is 1. The first kappa shape index (κ1) is 17.6. The highest BCUT2D eigenvalue weighted by atomic mass is 28.4. The average molecular weight is 309 g/mol. The fourth-order valence-corrected chi connectivity index (χ4v) is 8.63. The quantitative estimate of drug-likeness (QED) is 0.598. The molecule has 1 aromatic rings. The summed E-state index contributed by atoms with van der Waals surface area (Å²) < 4.78 is 6.46. The molecule has 0 aliphatic heterocycles. The minimum absolute atomic E-state index is 0.103. The molecule has 3 N–H and O–H groups in total. The topological polar surface area (TPSA) is 72.5 Å². The molecule has 0 aliphatic carbocycles. The van der Waals surface area contributed by atoms with Crippen LogP contribution in [0, 0.1) is 0 Å². The lowest BCUT2D eigenvalue weighted by Gasteiger charge is -2.42. The van der Waals surface area contributed by atoms with Crippen molar-refractivity contribution < 1.29 is 14.3 Å². The minimum Gasteiger partial charge on any atom is -0.541 e. The highest BCUT2D eigenvalue weighted by molar-refractivity contribution is 6.78. The fraction of sp³-hybridized carbons (Fsp3) is 0.562. The lowest BCUT2D eigenvalue weighted by molar-refractivity contribution is 0.0698. The summed E-state index contributed by atoms with van der Waals surface area (Å²) in [7, 11) is -2.13. The second kappa shape index (κ2) is 6.51. The van der Waals surface area contributed by atoms with Gasteiger partial charge in [0.15, 0.2) is 0 Å². The van der Waals surface area contributed by atoms with Crippen LogP contribution >= 0.6 is 0 Å². The van der Waals surface area contributed by atoms with E-state index in [9.17, 15) is 9.90 Å². The number of benzene rings is 1. The third-order valence-electron chi connectivity index (χ3n) is 4.29. The third-order valence-corrected chi connectivity index (χ3v) is 10.3. The van der Waals surface area contributed by atoms with E-state index in [1.54, 1.807) is 12.1 Å². The summed E-state index contributed by atoms with van der Waals surface area (Å²) in [5.74, 6) is -0.512. The predicted octanol–water partition coefficient (Wildman–Crippen LogP) is 4.52. The average Bonchev–Trinajstić information content (AvgIpc) is 2.35. The molecule has 0 amide bonds. The molecule has 0 atom stereocenters. The van der Waals surface area contributed by atoms with Gasteiger partial charge < -0.3 is 15.3 Å². The summed E-state index contributed by atoms with van der Waals surface area (Å²) >= 11 is 0. The van der Waals surface area contributed by atoms with Crippen LogP contribution in [0.25, 0.3) is 0 Å². The molecule has 0 unspecified atom stereocenters. The van der Waals surface area contributed by atoms with Crippen molar-refractivity contribution in [3.8, 4) is 5.75 Å². The van der Waals surface area contributed by atoms with E-state index in [2.05, 4.69) is 41.5 Å². The summed E-state index contributed by atoms with van der Waals surface area (Å²) in [6, 6.07) is 4.97. The van der Waals surface area contributed by atoms with Gasteiger partial charge in [0.05, 0.1) is 11.3 Å². The molecule has 118 valence electrons. The van der Waals surface area contributed by atoms with Gasteiger partial charge in [-0.2, -0.15) is 0 Å². The molecular weight excluding hydrogens is 282 g/mol. The Labute approximate surface area is 128 Å². The number of aromatic carboxylic acids is 1. The van der Waals surface area contributed by atoms with Gasteiger partial charge in [0.2, 0.25) is 0 Å². The summed E-state index contributed by atoms with van der Waals surface area (Å²) in [5, 5.41) is 9.19. The molecule has 4 nitrogen and oxygen atoms in total. The summed E-state index contributed by atoms with van der Waals surface area (Å²) in [5.41, 5.74) is 7.56. The molecule has 0 radical (unpaired) electrons. The van der Waals surface area contributed by atoms with Gasteiger partial charge in [0.1, 0.15) is 5.75 Å². The molecule has 21 heavy (non-hydrogen) atoms. The maximum absolute atomic E-state index is 11.2. The van der Waals surface area contributed by atoms with E-state index < -0.39 is 14.3 Å². The van der Waals surface area contributed by atoms with Crippen molar-refractivity contribution in [1.82, 2.24) is 0 Å². The van der Waals surface area contributed by atoms with Gasteiger partial charge in [-0.1, -0.05) is 47.6 Å². The van der Waals surface area contributed by atoms with Gasteiger partial charge in [-0.25, -0.2) is 4.79 Å². The van der Waals surface area contributed by atoms with Gasteiger partial charge in [-0.05, 0) is 28.8 Å². The van der Waals surface area contributed by atoms with Gasteiger partial charge in [-0.15, -0.1) is 0 Å². The van der Waals surface area contributed by atoms with Crippen molar-refractivity contribution in [3.63, 3.8) is 0 Å². The van der Waals surface area contributed by atoms with Crippen molar-refractivity contribution >= 4 is 20.0 Å². The van der Waals surface area contributed by atoms with E-state index in [0.717, 1.165) is 0 Å². The lowest BCUT2D eigenvalue weighted by atomic mass is 10.2. The molecule has 0 saturated carbocycles. The number of hydrogen-bond donors (Lipinski definition) is 2. The number of rotatable bonds is 6. The number of carbonyl (C=O) groups is 1. The number of carboxylic acid groups (broad SMARTS) is 1. The Hall–Kier alpha value is -1.49. The smallest absolute Gasteiger partial charge is 0.337 e. The van der Waals surface area contributed by atoms with Crippen molar-refractivity contribution in [1.29, 1.82) is 0 Å². The van der Waals surface area contributed by atoms with Crippen LogP contribution < -0.4 is 10.2 Å². The van der Waals surface area contributed by atoms with E-state index in [1.165, 1.54) is 6.07 Å². The molecule has 0 aromatic heterocycles. The number of nitrogens with two attached hydrogens (primary N) is 1. The second-order valence-electron chi connectivity index (χ2n) is 6.44. The Morgan fingerprint density at radius 2 is 1.57 bits per heavy atom. The van der Waals surface area contributed by atoms with Crippen LogP contribution in [-0.4, -0.2) is 19.4 Å². The molecule has 0 saturated heterocycles. The lowest BCUT2D eigenvalue weighted by Crippen LogP contribution is -2.50. The van der Waals surface area contributed by atoms with Gasteiger partial charge >= 0.3 is 5.97 Å². The zero-order valence-electron chi connectivity index (χ0n) is 13.8. The minimum atomic E-state index is -2.13. The van der Waals surface area contributed by atoms with Crippen molar-refractivity contribution in [2.45, 2.75) is 58.2 Å². The molecule has 1 rings (SSSR count). The Morgan fingerprint density at radius 1 is 1.10 bits per heavy atom. The SMILES string of the molecule is CC(C)[Si](Oc1cccc(C(=O)O)c1N)(C(C)C)C(C)C. The van der Waals surface area contributed by atoms with Gasteiger partial charge in [0.25, 0.3) is 8.32 Å². The normalized spacial score (nSPS) is 12.2. The largest absolute Gasteiger partial charge is 0.541 e. The van der Waals surface area contributed by atoms with Crippen LogP contribution in [-0.2, 0) is 0 Å². The molecule has 0 aliphatic rings. The van der Waals surface area contributed by atoms with Crippen LogP contribution in [0.15, 0.2) is 18.2 Å². The Bertz CT molecular complexity index is 490. The van der Waals surface area contributed by atoms with E-state index in [4.69, 9.17) is 10.2 Å². The zero-order valence-corrected chi connectivity index (χ0v) is 14.8. The summed E-state index contributed by atoms with van der Waals surface area (Å²) in [6.07, 6.45) is 0. The van der Waals surface area contributed by atoms with E-state index >= 15 is 0 Å². The monoisotopic (exact) mass is 309 g/mol. The highest BCUT2D eigenvalue weighted by Gasteiger charge is 2.47. The highest BCUT2D eigenvalue weighted by Crippen LogP contribution is 2.44. The Morgan fingerprint density at radius 3 is 1.95 bits per heavy atom. The summed E-state index contributed by atoms with van der Waals surface area (Å²) in [4.78, 5) is 11.2. The number of anilines is 1. The van der Waals surface area contributed by atoms with E-state index in [1.807, 2.05) is 0 Å². The van der Waals surface area contributed by atoms with Crippen LogP contribution in [0.4, 0.5) is 5.69 Å². The maximum Gasteiger partial charge on any atom is 0.337 e. The second-order valence-corrected chi connectivity index (χ2v) is 11.8. The van der Waals surface area contributed by atoms with Gasteiger partial charge in [0, 0.05) is 0 Å². The van der Waals surface area contributed by atoms with E-state index in [0.29, 0.717) is 22.4 Å². The number of para-hydroxylation sites is 1. The third kappa shape index (κ3) is 3.23. The van der Waals surface area contributed by atoms with Crippen molar-refractivity contribution in [3.05, 3.63) is 23.8 Å². The van der Waals surface area contributed by atoms with Crippen molar-refractivity contribution in [2.24, 2.45) is 0 Å². The fourth-order valence-electron chi connectivity index (χ4n) is 3.36. The molecule has 1 aromatic carbocycles. The maximum atomic E-state index is 11.2. The first-order chi connectivity index (χ1) is 9.64. The summed E-state index contributed by atoms with van der Waals surface area (Å²) in [6.45, 7) is 13.1. The first-order valence-corrected chi connectivity index (χ1v) is 9.59. The molecule has 5 heteroatoms. The number of hydrogen-bond acceptors (Lipinski definition) is 3. The van der Waals surface area contributed by atoms with Crippen LogP contribution in [0.5, 0.6) is 5.75 Å². The van der Waals surface area contributed by atoms with Crippen LogP contribution in [0.1, 0.15) is 51.9 Å². The van der Waals surface area contributed by atoms with Crippen molar-refractivity contribution in [2.75, 3.05) is 5.73 Å². The Balaban J connectivity index is 3.34. The molecular formula is C16H27NO3Si. The number of carboxylic acids is 1. The van der Waals surface area contributed by atoms with E-state index in [-0.39, 0.29) is 11.3 Å². The predicted molar refractivity (Wildman–Crippen MR) is 89.5 cm³/mol. The zero-order chi connectivity index (χ0) is 16.4. The molecule has 0 bridgehead atoms. The van der Waals surface area contributed by atoms with Crippen LogP contribution in [0.3, 0.4) is 0 Å². The van der Waals surface area contributed by atoms with Gasteiger partial charge in [-0.3, -0.25) is 0 Å². The molecule has 0 fully saturated rings.